The van der Waals surface area contributed by atoms with Crippen molar-refractivity contribution >= 4 is 28.8 Å². The van der Waals surface area contributed by atoms with E-state index in [4.69, 9.17) is 0 Å². The fourth-order valence-corrected chi connectivity index (χ4v) is 5.34. The topological polar surface area (TPSA) is 132 Å². The minimum atomic E-state index is -1.12. The van der Waals surface area contributed by atoms with Gasteiger partial charge < -0.3 is 30.2 Å². The van der Waals surface area contributed by atoms with Crippen LogP contribution in [-0.4, -0.2) is 61.6 Å². The summed E-state index contributed by atoms with van der Waals surface area (Å²) in [5.41, 5.74) is 1.45. The molecule has 4 rings (SSSR count). The molecule has 1 aliphatic rings. The van der Waals surface area contributed by atoms with Gasteiger partial charge in [-0.15, -0.1) is 0 Å². The molecule has 1 saturated heterocycles. The Bertz CT molecular complexity index is 1320. The number of benzene rings is 1. The summed E-state index contributed by atoms with van der Waals surface area (Å²) in [6.45, 7) is 9.53. The zero-order valence-electron chi connectivity index (χ0n) is 23.9. The van der Waals surface area contributed by atoms with Crippen LogP contribution in [0.5, 0.6) is 0 Å². The number of nitrogens with zero attached hydrogens (tertiary/aromatic N) is 3. The molecular formula is C30H42N6O4. The van der Waals surface area contributed by atoms with Gasteiger partial charge in [-0.2, -0.15) is 0 Å². The highest BCUT2D eigenvalue weighted by Crippen LogP contribution is 2.24. The predicted octanol–water partition coefficient (Wildman–Crippen LogP) is 5.04. The van der Waals surface area contributed by atoms with Crippen LogP contribution in [-0.2, 0) is 11.3 Å². The van der Waals surface area contributed by atoms with Crippen LogP contribution in [0.1, 0.15) is 93.8 Å². The van der Waals surface area contributed by atoms with Crippen molar-refractivity contribution < 1.29 is 19.5 Å². The molecule has 2 aromatic heterocycles. The summed E-state index contributed by atoms with van der Waals surface area (Å²) in [4.78, 5) is 48.3. The summed E-state index contributed by atoms with van der Waals surface area (Å²) in [5, 5.41) is 16.9. The summed E-state index contributed by atoms with van der Waals surface area (Å²) < 4.78 is 2.02. The summed E-state index contributed by atoms with van der Waals surface area (Å²) in [6, 6.07) is 8.33. The molecule has 0 saturated carbocycles. The van der Waals surface area contributed by atoms with Gasteiger partial charge in [0.05, 0.1) is 12.2 Å². The first-order chi connectivity index (χ1) is 19.1. The third-order valence-electron chi connectivity index (χ3n) is 7.45. The van der Waals surface area contributed by atoms with Gasteiger partial charge >= 0.3 is 12.0 Å². The van der Waals surface area contributed by atoms with E-state index in [9.17, 15) is 19.5 Å². The van der Waals surface area contributed by atoms with Crippen LogP contribution in [0.4, 0.5) is 4.79 Å². The number of urea groups is 1. The number of imidazole rings is 1. The Morgan fingerprint density at radius 3 is 2.33 bits per heavy atom. The molecule has 3 heterocycles. The second-order valence-corrected chi connectivity index (χ2v) is 11.5. The van der Waals surface area contributed by atoms with Crippen LogP contribution in [0.3, 0.4) is 0 Å². The minimum absolute atomic E-state index is 0.0465. The van der Waals surface area contributed by atoms with Gasteiger partial charge in [-0.25, -0.2) is 14.6 Å². The zero-order valence-corrected chi connectivity index (χ0v) is 23.9. The first-order valence-corrected chi connectivity index (χ1v) is 14.4. The number of likely N-dealkylation sites (tertiary alicyclic amines) is 1. The fourth-order valence-electron chi connectivity index (χ4n) is 5.34. The quantitative estimate of drug-likeness (QED) is 0.281. The minimum Gasteiger partial charge on any atom is -0.476 e. The summed E-state index contributed by atoms with van der Waals surface area (Å²) in [6.07, 6.45) is 6.56. The Kier molecular flexibility index (Phi) is 9.50. The third kappa shape index (κ3) is 7.03. The first-order valence-electron chi connectivity index (χ1n) is 14.4. The van der Waals surface area contributed by atoms with Crippen LogP contribution in [0.25, 0.3) is 10.9 Å². The van der Waals surface area contributed by atoms with Gasteiger partial charge in [-0.1, -0.05) is 58.7 Å². The molecule has 2 atom stereocenters. The number of aromatic amines is 1. The number of carboxylic acid groups (broad SMARTS) is 1. The molecule has 0 radical (unpaired) electrons. The van der Waals surface area contributed by atoms with Crippen molar-refractivity contribution in [1.29, 1.82) is 0 Å². The molecule has 4 N–H and O–H groups in total. The molecule has 1 aromatic carbocycles. The molecule has 0 unspecified atom stereocenters. The lowest BCUT2D eigenvalue weighted by atomic mass is 10.0. The zero-order chi connectivity index (χ0) is 28.8. The number of para-hydroxylation sites is 1. The highest BCUT2D eigenvalue weighted by molar-refractivity contribution is 5.88. The molecule has 1 fully saturated rings. The number of hydrogen-bond acceptors (Lipinski definition) is 4. The van der Waals surface area contributed by atoms with Gasteiger partial charge in [0.1, 0.15) is 17.9 Å². The number of carbonyl (C=O) groups excluding carboxylic acids is 2. The number of nitrogens with one attached hydrogen (secondary N) is 3. The molecule has 0 spiro atoms. The number of amides is 3. The highest BCUT2D eigenvalue weighted by atomic mass is 16.4. The van der Waals surface area contributed by atoms with Crippen molar-refractivity contribution in [3.63, 3.8) is 0 Å². The normalized spacial score (nSPS) is 15.7. The number of carboxylic acids is 1. The van der Waals surface area contributed by atoms with Crippen LogP contribution in [0.15, 0.2) is 36.5 Å². The standard InChI is InChI=1S/C30H42N6O4/c1-19(2)17-22(32-30(40)35-14-9-5-6-10-15-35)28(37)31-23(18-36-16-13-21-11-7-8-12-24(21)36)27-33-25(20(3)4)26(34-27)29(38)39/h7-8,11-13,16,19-20,22-23H,5-6,9-10,14-15,17-18H2,1-4H3,(H,31,37)(H,32,40)(H,33,34)(H,38,39)/t22-,23+/m0/s1. The molecule has 1 aliphatic heterocycles. The van der Waals surface area contributed by atoms with Gasteiger partial charge in [-0.3, -0.25) is 4.79 Å². The van der Waals surface area contributed by atoms with E-state index < -0.39 is 18.1 Å². The molecule has 10 nitrogen and oxygen atoms in total. The number of rotatable bonds is 10. The summed E-state index contributed by atoms with van der Waals surface area (Å²) >= 11 is 0. The average molecular weight is 551 g/mol. The number of H-pyrrole nitrogens is 1. The Labute approximate surface area is 235 Å². The fraction of sp³-hybridized carbons (Fsp3) is 0.533. The Morgan fingerprint density at radius 2 is 1.70 bits per heavy atom. The largest absolute Gasteiger partial charge is 0.476 e. The van der Waals surface area contributed by atoms with Crippen molar-refractivity contribution in [2.24, 2.45) is 5.92 Å². The molecule has 10 heteroatoms. The number of hydrogen-bond donors (Lipinski definition) is 4. The number of fused-ring (bicyclic) bond motifs is 1. The van der Waals surface area contributed by atoms with Crippen molar-refractivity contribution in [3.05, 3.63) is 53.7 Å². The Hall–Kier alpha value is -3.82. The third-order valence-corrected chi connectivity index (χ3v) is 7.45. The lowest BCUT2D eigenvalue weighted by molar-refractivity contribution is -0.124. The van der Waals surface area contributed by atoms with E-state index in [0.29, 0.717) is 37.6 Å². The summed E-state index contributed by atoms with van der Waals surface area (Å²) in [7, 11) is 0. The van der Waals surface area contributed by atoms with E-state index in [1.54, 1.807) is 4.90 Å². The van der Waals surface area contributed by atoms with E-state index in [2.05, 4.69) is 20.6 Å². The van der Waals surface area contributed by atoms with Gasteiger partial charge in [0.25, 0.3) is 0 Å². The molecule has 0 bridgehead atoms. The second kappa shape index (κ2) is 13.0. The van der Waals surface area contributed by atoms with E-state index in [1.165, 1.54) is 0 Å². The maximum Gasteiger partial charge on any atom is 0.356 e. The van der Waals surface area contributed by atoms with Crippen LogP contribution in [0.2, 0.25) is 0 Å². The van der Waals surface area contributed by atoms with Gasteiger partial charge in [0, 0.05) is 24.8 Å². The Balaban J connectivity index is 1.63. The lowest BCUT2D eigenvalue weighted by Gasteiger charge is -2.27. The van der Waals surface area contributed by atoms with E-state index in [-0.39, 0.29) is 29.5 Å². The maximum absolute atomic E-state index is 13.8. The molecular weight excluding hydrogens is 508 g/mol. The van der Waals surface area contributed by atoms with Gasteiger partial charge in [-0.05, 0) is 48.6 Å². The average Bonchev–Trinajstić information content (AvgIpc) is 3.44. The molecule has 3 aromatic rings. The molecule has 3 amide bonds. The molecule has 0 aliphatic carbocycles. The van der Waals surface area contributed by atoms with E-state index >= 15 is 0 Å². The van der Waals surface area contributed by atoms with Gasteiger partial charge in [0.15, 0.2) is 5.69 Å². The van der Waals surface area contributed by atoms with Gasteiger partial charge in [0.2, 0.25) is 5.91 Å². The first kappa shape index (κ1) is 29.2. The lowest BCUT2D eigenvalue weighted by Crippen LogP contribution is -2.52. The number of aromatic carboxylic acids is 1. The van der Waals surface area contributed by atoms with Crippen molar-refractivity contribution in [2.75, 3.05) is 13.1 Å². The number of carbonyl (C=O) groups is 3. The monoisotopic (exact) mass is 550 g/mol. The highest BCUT2D eigenvalue weighted by Gasteiger charge is 2.30. The number of aromatic nitrogens is 3. The molecule has 40 heavy (non-hydrogen) atoms. The summed E-state index contributed by atoms with van der Waals surface area (Å²) in [5.74, 6) is -1.00. The second-order valence-electron chi connectivity index (χ2n) is 11.5. The predicted molar refractivity (Wildman–Crippen MR) is 154 cm³/mol. The maximum atomic E-state index is 13.8. The molecule has 216 valence electrons. The van der Waals surface area contributed by atoms with E-state index in [1.807, 2.05) is 68.8 Å². The SMILES string of the molecule is CC(C)C[C@H](NC(=O)N1CCCCCC1)C(=O)N[C@H](Cn1ccc2ccccc21)c1nc(C(=O)O)c(C(C)C)[nH]1. The van der Waals surface area contributed by atoms with Crippen molar-refractivity contribution in [3.8, 4) is 0 Å². The van der Waals surface area contributed by atoms with E-state index in [0.717, 1.165) is 36.6 Å². The van der Waals surface area contributed by atoms with Crippen LogP contribution >= 0.6 is 0 Å². The van der Waals surface area contributed by atoms with Crippen LogP contribution in [0, 0.1) is 5.92 Å². The van der Waals surface area contributed by atoms with Crippen LogP contribution < -0.4 is 10.6 Å². The Morgan fingerprint density at radius 1 is 1.00 bits per heavy atom. The van der Waals surface area contributed by atoms with Crippen molar-refractivity contribution in [1.82, 2.24) is 30.1 Å². The smallest absolute Gasteiger partial charge is 0.356 e. The van der Waals surface area contributed by atoms with Crippen molar-refractivity contribution in [2.45, 2.75) is 84.3 Å².